The summed E-state index contributed by atoms with van der Waals surface area (Å²) in [5, 5.41) is 0. The average molecular weight is 284 g/mol. The second-order valence-electron chi connectivity index (χ2n) is 4.23. The minimum Gasteiger partial charge on any atom is -0.353 e. The SMILES string of the molecule is NCCCN(c1ncccc1Br)C1CCC1. The van der Waals surface area contributed by atoms with Gasteiger partial charge in [-0.25, -0.2) is 4.98 Å². The number of nitrogens with zero attached hydrogens (tertiary/aromatic N) is 2. The maximum absolute atomic E-state index is 5.59. The van der Waals surface area contributed by atoms with Gasteiger partial charge in [-0.05, 0) is 60.3 Å². The first-order valence-corrected chi connectivity index (χ1v) is 6.69. The number of hydrogen-bond donors (Lipinski definition) is 1. The van der Waals surface area contributed by atoms with Crippen molar-refractivity contribution >= 4 is 21.7 Å². The maximum Gasteiger partial charge on any atom is 0.143 e. The molecule has 0 unspecified atom stereocenters. The van der Waals surface area contributed by atoms with E-state index in [-0.39, 0.29) is 0 Å². The molecule has 0 bridgehead atoms. The lowest BCUT2D eigenvalue weighted by molar-refractivity contribution is 0.382. The van der Waals surface area contributed by atoms with Crippen LogP contribution in [0.2, 0.25) is 0 Å². The van der Waals surface area contributed by atoms with Crippen LogP contribution in [0.25, 0.3) is 0 Å². The van der Waals surface area contributed by atoms with E-state index in [9.17, 15) is 0 Å². The molecular weight excluding hydrogens is 266 g/mol. The van der Waals surface area contributed by atoms with Crippen molar-refractivity contribution in [2.75, 3.05) is 18.0 Å². The summed E-state index contributed by atoms with van der Waals surface area (Å²) in [6, 6.07) is 4.67. The van der Waals surface area contributed by atoms with Crippen molar-refractivity contribution in [3.05, 3.63) is 22.8 Å². The lowest BCUT2D eigenvalue weighted by Gasteiger charge is -2.38. The Morgan fingerprint density at radius 1 is 1.50 bits per heavy atom. The van der Waals surface area contributed by atoms with Crippen molar-refractivity contribution in [2.24, 2.45) is 5.73 Å². The summed E-state index contributed by atoms with van der Waals surface area (Å²) < 4.78 is 1.08. The van der Waals surface area contributed by atoms with E-state index in [1.807, 2.05) is 12.3 Å². The van der Waals surface area contributed by atoms with Gasteiger partial charge in [0, 0.05) is 18.8 Å². The zero-order valence-electron chi connectivity index (χ0n) is 9.40. The first-order valence-electron chi connectivity index (χ1n) is 5.90. The van der Waals surface area contributed by atoms with Gasteiger partial charge in [-0.2, -0.15) is 0 Å². The summed E-state index contributed by atoms with van der Waals surface area (Å²) in [6.45, 7) is 1.75. The fourth-order valence-electron chi connectivity index (χ4n) is 2.01. The average Bonchev–Trinajstić information content (AvgIpc) is 2.22. The molecule has 88 valence electrons. The molecule has 4 heteroatoms. The Balaban J connectivity index is 2.13. The number of hydrogen-bond acceptors (Lipinski definition) is 3. The van der Waals surface area contributed by atoms with Crippen LogP contribution in [0, 0.1) is 0 Å². The Hall–Kier alpha value is -0.610. The maximum atomic E-state index is 5.59. The van der Waals surface area contributed by atoms with Crippen LogP contribution in [-0.2, 0) is 0 Å². The van der Waals surface area contributed by atoms with E-state index in [0.717, 1.165) is 29.8 Å². The van der Waals surface area contributed by atoms with E-state index < -0.39 is 0 Å². The molecule has 0 radical (unpaired) electrons. The lowest BCUT2D eigenvalue weighted by atomic mass is 9.91. The Labute approximate surface area is 105 Å². The fraction of sp³-hybridized carbons (Fsp3) is 0.583. The molecule has 2 N–H and O–H groups in total. The molecule has 1 aromatic heterocycles. The topological polar surface area (TPSA) is 42.1 Å². The van der Waals surface area contributed by atoms with Crippen molar-refractivity contribution in [3.63, 3.8) is 0 Å². The second-order valence-corrected chi connectivity index (χ2v) is 5.08. The smallest absolute Gasteiger partial charge is 0.143 e. The van der Waals surface area contributed by atoms with Crippen LogP contribution in [0.15, 0.2) is 22.8 Å². The van der Waals surface area contributed by atoms with Gasteiger partial charge in [-0.15, -0.1) is 0 Å². The highest BCUT2D eigenvalue weighted by Gasteiger charge is 2.26. The summed E-state index contributed by atoms with van der Waals surface area (Å²) in [5.74, 6) is 1.07. The summed E-state index contributed by atoms with van der Waals surface area (Å²) in [5.41, 5.74) is 5.59. The van der Waals surface area contributed by atoms with Crippen molar-refractivity contribution in [3.8, 4) is 0 Å². The molecule has 16 heavy (non-hydrogen) atoms. The third kappa shape index (κ3) is 2.55. The van der Waals surface area contributed by atoms with Crippen molar-refractivity contribution in [2.45, 2.75) is 31.7 Å². The number of pyridine rings is 1. The van der Waals surface area contributed by atoms with E-state index in [2.05, 4.69) is 31.9 Å². The predicted octanol–water partition coefficient (Wildman–Crippen LogP) is 2.55. The van der Waals surface area contributed by atoms with Crippen LogP contribution >= 0.6 is 15.9 Å². The normalized spacial score (nSPS) is 15.9. The van der Waals surface area contributed by atoms with Gasteiger partial charge in [0.15, 0.2) is 0 Å². The molecule has 1 fully saturated rings. The zero-order chi connectivity index (χ0) is 11.4. The number of nitrogens with two attached hydrogens (primary N) is 1. The van der Waals surface area contributed by atoms with Crippen LogP contribution in [0.1, 0.15) is 25.7 Å². The standard InChI is InChI=1S/C12H18BrN3/c13-11-6-2-8-15-12(11)16(9-3-7-14)10-4-1-5-10/h2,6,8,10H,1,3-5,7,9,14H2. The zero-order valence-corrected chi connectivity index (χ0v) is 11.0. The summed E-state index contributed by atoms with van der Waals surface area (Å²) in [4.78, 5) is 6.88. The number of anilines is 1. The van der Waals surface area contributed by atoms with Gasteiger partial charge in [0.2, 0.25) is 0 Å². The number of aromatic nitrogens is 1. The van der Waals surface area contributed by atoms with Gasteiger partial charge in [0.05, 0.1) is 4.47 Å². The quantitative estimate of drug-likeness (QED) is 0.903. The van der Waals surface area contributed by atoms with Crippen LogP contribution in [0.5, 0.6) is 0 Å². The van der Waals surface area contributed by atoms with Crippen molar-refractivity contribution in [1.82, 2.24) is 4.98 Å². The molecule has 0 spiro atoms. The van der Waals surface area contributed by atoms with E-state index in [1.54, 1.807) is 0 Å². The Bertz CT molecular complexity index is 339. The molecule has 0 amide bonds. The molecule has 0 aromatic carbocycles. The summed E-state index contributed by atoms with van der Waals surface area (Å²) in [7, 11) is 0. The fourth-order valence-corrected chi connectivity index (χ4v) is 2.49. The summed E-state index contributed by atoms with van der Waals surface area (Å²) >= 11 is 3.57. The molecule has 1 saturated carbocycles. The molecule has 2 rings (SSSR count). The molecule has 3 nitrogen and oxygen atoms in total. The van der Waals surface area contributed by atoms with Gasteiger partial charge in [0.25, 0.3) is 0 Å². The van der Waals surface area contributed by atoms with Gasteiger partial charge in [-0.1, -0.05) is 0 Å². The first-order chi connectivity index (χ1) is 7.83. The molecule has 0 atom stereocenters. The third-order valence-electron chi connectivity index (χ3n) is 3.13. The molecule has 1 aliphatic carbocycles. The third-order valence-corrected chi connectivity index (χ3v) is 3.75. The molecular formula is C12H18BrN3. The predicted molar refractivity (Wildman–Crippen MR) is 70.6 cm³/mol. The van der Waals surface area contributed by atoms with Crippen LogP contribution in [0.4, 0.5) is 5.82 Å². The summed E-state index contributed by atoms with van der Waals surface area (Å²) in [6.07, 6.45) is 6.79. The molecule has 1 aliphatic rings. The van der Waals surface area contributed by atoms with Crippen LogP contribution in [0.3, 0.4) is 0 Å². The van der Waals surface area contributed by atoms with E-state index in [1.165, 1.54) is 19.3 Å². The minimum absolute atomic E-state index is 0.665. The Kier molecular flexibility index (Phi) is 4.18. The van der Waals surface area contributed by atoms with Gasteiger partial charge >= 0.3 is 0 Å². The van der Waals surface area contributed by atoms with Crippen molar-refractivity contribution in [1.29, 1.82) is 0 Å². The van der Waals surface area contributed by atoms with Crippen LogP contribution in [-0.4, -0.2) is 24.1 Å². The van der Waals surface area contributed by atoms with Gasteiger partial charge < -0.3 is 10.6 Å². The van der Waals surface area contributed by atoms with E-state index >= 15 is 0 Å². The van der Waals surface area contributed by atoms with Crippen LogP contribution < -0.4 is 10.6 Å². The molecule has 1 heterocycles. The highest BCUT2D eigenvalue weighted by molar-refractivity contribution is 9.10. The van der Waals surface area contributed by atoms with E-state index in [4.69, 9.17) is 5.73 Å². The van der Waals surface area contributed by atoms with Crippen molar-refractivity contribution < 1.29 is 0 Å². The Morgan fingerprint density at radius 3 is 2.88 bits per heavy atom. The highest BCUT2D eigenvalue weighted by atomic mass is 79.9. The second kappa shape index (κ2) is 5.64. The number of halogens is 1. The van der Waals surface area contributed by atoms with Gasteiger partial charge in [0.1, 0.15) is 5.82 Å². The molecule has 0 aliphatic heterocycles. The first kappa shape index (κ1) is 11.9. The van der Waals surface area contributed by atoms with E-state index in [0.29, 0.717) is 6.04 Å². The monoisotopic (exact) mass is 283 g/mol. The largest absolute Gasteiger partial charge is 0.353 e. The highest BCUT2D eigenvalue weighted by Crippen LogP contribution is 2.32. The molecule has 0 saturated heterocycles. The Morgan fingerprint density at radius 2 is 2.31 bits per heavy atom. The number of rotatable bonds is 5. The molecule has 1 aromatic rings. The lowest BCUT2D eigenvalue weighted by Crippen LogP contribution is -2.42. The van der Waals surface area contributed by atoms with Gasteiger partial charge in [-0.3, -0.25) is 0 Å². The minimum atomic E-state index is 0.665.